The minimum Gasteiger partial charge on any atom is -0.493 e. The Bertz CT molecular complexity index is 1110. The van der Waals surface area contributed by atoms with Crippen LogP contribution in [0.1, 0.15) is 29.7 Å². The van der Waals surface area contributed by atoms with Gasteiger partial charge in [0.25, 0.3) is 0 Å². The Morgan fingerprint density at radius 3 is 2.55 bits per heavy atom. The summed E-state index contributed by atoms with van der Waals surface area (Å²) in [5.74, 6) is 1.46. The third kappa shape index (κ3) is 5.54. The number of fused-ring (bicyclic) bond motifs is 1. The number of nitrogens with zero attached hydrogens (tertiary/aromatic N) is 1. The molecule has 160 valence electrons. The summed E-state index contributed by atoms with van der Waals surface area (Å²) in [7, 11) is 1.66. The van der Waals surface area contributed by atoms with Crippen LogP contribution in [0.4, 0.5) is 0 Å². The molecule has 1 aromatic heterocycles. The molecule has 0 radical (unpaired) electrons. The van der Waals surface area contributed by atoms with Gasteiger partial charge in [-0.2, -0.15) is 0 Å². The highest BCUT2D eigenvalue weighted by molar-refractivity contribution is 5.86. The van der Waals surface area contributed by atoms with E-state index in [0.29, 0.717) is 6.61 Å². The van der Waals surface area contributed by atoms with Crippen LogP contribution < -0.4 is 14.8 Å². The summed E-state index contributed by atoms with van der Waals surface area (Å²) >= 11 is 0. The largest absolute Gasteiger partial charge is 0.493 e. The predicted molar refractivity (Wildman–Crippen MR) is 128 cm³/mol. The van der Waals surface area contributed by atoms with Gasteiger partial charge in [-0.15, -0.1) is 12.4 Å². The molecule has 0 aliphatic rings. The van der Waals surface area contributed by atoms with E-state index < -0.39 is 0 Å². The van der Waals surface area contributed by atoms with Crippen LogP contribution in [0, 0.1) is 0 Å². The molecule has 31 heavy (non-hydrogen) atoms. The molecule has 4 nitrogen and oxygen atoms in total. The summed E-state index contributed by atoms with van der Waals surface area (Å²) in [6.07, 6.45) is 3.57. The van der Waals surface area contributed by atoms with Crippen LogP contribution in [0.25, 0.3) is 10.8 Å². The molecule has 0 amide bonds. The Balaban J connectivity index is 0.00000272. The van der Waals surface area contributed by atoms with E-state index in [2.05, 4.69) is 65.8 Å². The van der Waals surface area contributed by atoms with Crippen LogP contribution in [-0.4, -0.2) is 12.1 Å². The monoisotopic (exact) mass is 434 g/mol. The maximum atomic E-state index is 6.01. The molecule has 0 saturated carbocycles. The first kappa shape index (κ1) is 22.6. The van der Waals surface area contributed by atoms with E-state index in [1.807, 2.05) is 30.5 Å². The SMILES string of the molecule is COc1ccc(CNC(C)c2cccc3ccccc23)cc1OCc1cccnc1.Cl. The first-order chi connectivity index (χ1) is 14.7. The van der Waals surface area contributed by atoms with Gasteiger partial charge in [0.2, 0.25) is 0 Å². The summed E-state index contributed by atoms with van der Waals surface area (Å²) in [6.45, 7) is 3.39. The number of methoxy groups -OCH3 is 1. The number of halogens is 1. The highest BCUT2D eigenvalue weighted by Crippen LogP contribution is 2.29. The van der Waals surface area contributed by atoms with Crippen LogP contribution in [-0.2, 0) is 13.2 Å². The molecule has 0 aliphatic heterocycles. The number of rotatable bonds is 8. The number of ether oxygens (including phenoxy) is 2. The second kappa shape index (κ2) is 10.8. The van der Waals surface area contributed by atoms with E-state index in [9.17, 15) is 0 Å². The van der Waals surface area contributed by atoms with E-state index in [1.54, 1.807) is 13.3 Å². The molecule has 1 atom stereocenters. The van der Waals surface area contributed by atoms with E-state index in [4.69, 9.17) is 9.47 Å². The molecule has 1 unspecified atom stereocenters. The van der Waals surface area contributed by atoms with E-state index in [-0.39, 0.29) is 18.4 Å². The quantitative estimate of drug-likeness (QED) is 0.364. The first-order valence-corrected chi connectivity index (χ1v) is 10.1. The molecular formula is C26H27ClN2O2. The summed E-state index contributed by atoms with van der Waals surface area (Å²) in [5, 5.41) is 6.19. The Morgan fingerprint density at radius 1 is 0.903 bits per heavy atom. The molecule has 4 rings (SSSR count). The molecule has 0 spiro atoms. The van der Waals surface area contributed by atoms with Gasteiger partial charge in [-0.25, -0.2) is 0 Å². The number of hydrogen-bond acceptors (Lipinski definition) is 4. The van der Waals surface area contributed by atoms with Crippen molar-refractivity contribution in [2.24, 2.45) is 0 Å². The van der Waals surface area contributed by atoms with Gasteiger partial charge in [-0.1, -0.05) is 54.6 Å². The lowest BCUT2D eigenvalue weighted by Crippen LogP contribution is -2.18. The third-order valence-electron chi connectivity index (χ3n) is 5.25. The Kier molecular flexibility index (Phi) is 7.88. The van der Waals surface area contributed by atoms with Gasteiger partial charge in [0.05, 0.1) is 7.11 Å². The molecule has 1 heterocycles. The second-order valence-electron chi connectivity index (χ2n) is 7.31. The lowest BCUT2D eigenvalue weighted by atomic mass is 9.99. The van der Waals surface area contributed by atoms with E-state index >= 15 is 0 Å². The molecular weight excluding hydrogens is 408 g/mol. The number of benzene rings is 3. The van der Waals surface area contributed by atoms with Crippen molar-refractivity contribution in [2.75, 3.05) is 7.11 Å². The van der Waals surface area contributed by atoms with Gasteiger partial charge < -0.3 is 14.8 Å². The van der Waals surface area contributed by atoms with Crippen LogP contribution >= 0.6 is 12.4 Å². The third-order valence-corrected chi connectivity index (χ3v) is 5.25. The highest BCUT2D eigenvalue weighted by Gasteiger charge is 2.11. The van der Waals surface area contributed by atoms with Crippen LogP contribution in [0.2, 0.25) is 0 Å². The van der Waals surface area contributed by atoms with Crippen molar-refractivity contribution in [3.63, 3.8) is 0 Å². The standard InChI is InChI=1S/C26H26N2O2.ClH/c1-19(23-11-5-9-22-8-3-4-10-24(22)23)28-17-20-12-13-25(29-2)26(15-20)30-18-21-7-6-14-27-16-21;/h3-16,19,28H,17-18H2,1-2H3;1H. The molecule has 3 aromatic carbocycles. The first-order valence-electron chi connectivity index (χ1n) is 10.1. The minimum atomic E-state index is 0. The van der Waals surface area contributed by atoms with Crippen molar-refractivity contribution in [1.29, 1.82) is 0 Å². The van der Waals surface area contributed by atoms with Crippen molar-refractivity contribution in [3.05, 3.63) is 102 Å². The molecule has 0 bridgehead atoms. The average Bonchev–Trinajstić information content (AvgIpc) is 2.81. The van der Waals surface area contributed by atoms with Crippen molar-refractivity contribution >= 4 is 23.2 Å². The summed E-state index contributed by atoms with van der Waals surface area (Å²) in [6, 6.07) is 25.2. The smallest absolute Gasteiger partial charge is 0.161 e. The number of pyridine rings is 1. The average molecular weight is 435 g/mol. The Hall–Kier alpha value is -3.08. The summed E-state index contributed by atoms with van der Waals surface area (Å²) in [4.78, 5) is 4.14. The van der Waals surface area contributed by atoms with Crippen LogP contribution in [0.5, 0.6) is 11.5 Å². The molecule has 4 aromatic rings. The number of nitrogens with one attached hydrogen (secondary N) is 1. The lowest BCUT2D eigenvalue weighted by molar-refractivity contribution is 0.283. The van der Waals surface area contributed by atoms with Gasteiger partial charge in [0, 0.05) is 30.5 Å². The molecule has 5 heteroatoms. The number of aromatic nitrogens is 1. The molecule has 0 saturated heterocycles. The molecule has 0 aliphatic carbocycles. The van der Waals surface area contributed by atoms with Crippen LogP contribution in [0.3, 0.4) is 0 Å². The Labute approximate surface area is 189 Å². The minimum absolute atomic E-state index is 0. The maximum Gasteiger partial charge on any atom is 0.161 e. The van der Waals surface area contributed by atoms with Crippen molar-refractivity contribution in [2.45, 2.75) is 26.1 Å². The normalized spacial score (nSPS) is 11.5. The van der Waals surface area contributed by atoms with Gasteiger partial charge in [0.1, 0.15) is 6.61 Å². The second-order valence-corrected chi connectivity index (χ2v) is 7.31. The van der Waals surface area contributed by atoms with Crippen molar-refractivity contribution < 1.29 is 9.47 Å². The Morgan fingerprint density at radius 2 is 1.74 bits per heavy atom. The zero-order chi connectivity index (χ0) is 20.8. The molecule has 0 fully saturated rings. The van der Waals surface area contributed by atoms with Crippen LogP contribution in [0.15, 0.2) is 85.2 Å². The maximum absolute atomic E-state index is 6.01. The topological polar surface area (TPSA) is 43.4 Å². The van der Waals surface area contributed by atoms with Gasteiger partial charge >= 0.3 is 0 Å². The van der Waals surface area contributed by atoms with Crippen molar-refractivity contribution in [1.82, 2.24) is 10.3 Å². The van der Waals surface area contributed by atoms with Gasteiger partial charge in [-0.05, 0) is 47.0 Å². The van der Waals surface area contributed by atoms with E-state index in [1.165, 1.54) is 16.3 Å². The number of hydrogen-bond donors (Lipinski definition) is 1. The van der Waals surface area contributed by atoms with E-state index in [0.717, 1.165) is 29.2 Å². The zero-order valence-electron chi connectivity index (χ0n) is 17.7. The fourth-order valence-electron chi connectivity index (χ4n) is 3.60. The van der Waals surface area contributed by atoms with Gasteiger partial charge in [0.15, 0.2) is 11.5 Å². The summed E-state index contributed by atoms with van der Waals surface area (Å²) in [5.41, 5.74) is 3.46. The summed E-state index contributed by atoms with van der Waals surface area (Å²) < 4.78 is 11.5. The van der Waals surface area contributed by atoms with Crippen molar-refractivity contribution in [3.8, 4) is 11.5 Å². The lowest BCUT2D eigenvalue weighted by Gasteiger charge is -2.18. The molecule has 1 N–H and O–H groups in total. The predicted octanol–water partition coefficient (Wildman–Crippen LogP) is 6.10. The fraction of sp³-hybridized carbons (Fsp3) is 0.192. The van der Waals surface area contributed by atoms with Gasteiger partial charge in [-0.3, -0.25) is 4.98 Å². The zero-order valence-corrected chi connectivity index (χ0v) is 18.6. The fourth-order valence-corrected chi connectivity index (χ4v) is 3.60. The highest BCUT2D eigenvalue weighted by atomic mass is 35.5.